The molecule has 0 radical (unpaired) electrons. The highest BCUT2D eigenvalue weighted by Gasteiger charge is 2.36. The van der Waals surface area contributed by atoms with E-state index in [1.807, 2.05) is 6.92 Å². The second-order valence-corrected chi connectivity index (χ2v) is 6.45. The van der Waals surface area contributed by atoms with Crippen molar-refractivity contribution >= 4 is 23.2 Å². The van der Waals surface area contributed by atoms with E-state index in [1.165, 1.54) is 0 Å². The van der Waals surface area contributed by atoms with E-state index in [1.54, 1.807) is 24.3 Å². The van der Waals surface area contributed by atoms with E-state index < -0.39 is 0 Å². The number of hydrogen-bond donors (Lipinski definition) is 3. The average molecular weight is 303 g/mol. The molecule has 5 nitrogen and oxygen atoms in total. The summed E-state index contributed by atoms with van der Waals surface area (Å²) in [6.45, 7) is 6.92. The summed E-state index contributed by atoms with van der Waals surface area (Å²) in [5.74, 6) is -0.0278. The van der Waals surface area contributed by atoms with Gasteiger partial charge < -0.3 is 16.0 Å². The van der Waals surface area contributed by atoms with Crippen LogP contribution >= 0.6 is 0 Å². The molecule has 1 aliphatic rings. The predicted molar refractivity (Wildman–Crippen MR) is 88.8 cm³/mol. The van der Waals surface area contributed by atoms with Crippen molar-refractivity contribution in [3.63, 3.8) is 0 Å². The maximum absolute atomic E-state index is 12.4. The third-order valence-electron chi connectivity index (χ3n) is 4.15. The van der Waals surface area contributed by atoms with Gasteiger partial charge in [0.15, 0.2) is 0 Å². The van der Waals surface area contributed by atoms with Crippen LogP contribution in [0.2, 0.25) is 0 Å². The Morgan fingerprint density at radius 3 is 2.32 bits per heavy atom. The van der Waals surface area contributed by atoms with Gasteiger partial charge in [-0.1, -0.05) is 20.8 Å². The number of hydrogen-bond acceptors (Lipinski definition) is 3. The molecule has 0 aromatic heterocycles. The molecule has 0 saturated carbocycles. The zero-order valence-electron chi connectivity index (χ0n) is 13.5. The van der Waals surface area contributed by atoms with E-state index in [4.69, 9.17) is 0 Å². The summed E-state index contributed by atoms with van der Waals surface area (Å²) >= 11 is 0. The highest BCUT2D eigenvalue weighted by molar-refractivity contribution is 5.96. The molecule has 5 heteroatoms. The van der Waals surface area contributed by atoms with E-state index in [-0.39, 0.29) is 23.3 Å². The van der Waals surface area contributed by atoms with Crippen molar-refractivity contribution in [3.8, 4) is 0 Å². The largest absolute Gasteiger partial charge is 0.326 e. The number of nitrogens with one attached hydrogen (secondary N) is 3. The molecule has 1 aliphatic heterocycles. The Balaban J connectivity index is 1.98. The van der Waals surface area contributed by atoms with E-state index in [2.05, 4.69) is 29.8 Å². The summed E-state index contributed by atoms with van der Waals surface area (Å²) in [5, 5.41) is 9.04. The van der Waals surface area contributed by atoms with Gasteiger partial charge >= 0.3 is 0 Å². The van der Waals surface area contributed by atoms with Crippen LogP contribution in [0.15, 0.2) is 24.3 Å². The van der Waals surface area contributed by atoms with Crippen molar-refractivity contribution in [2.45, 2.75) is 46.1 Å². The van der Waals surface area contributed by atoms with Crippen molar-refractivity contribution in [1.82, 2.24) is 5.32 Å². The SMILES string of the molecule is CCC(=O)Nc1ccc(NC(=O)C2NCCCC2(C)C)cc1. The summed E-state index contributed by atoms with van der Waals surface area (Å²) in [5.41, 5.74) is 1.43. The summed E-state index contributed by atoms with van der Waals surface area (Å²) in [7, 11) is 0. The summed E-state index contributed by atoms with van der Waals surface area (Å²) in [6.07, 6.45) is 2.59. The van der Waals surface area contributed by atoms with Crippen LogP contribution in [0.4, 0.5) is 11.4 Å². The molecule has 2 rings (SSSR count). The molecule has 0 aliphatic carbocycles. The van der Waals surface area contributed by atoms with Crippen molar-refractivity contribution in [2.24, 2.45) is 5.41 Å². The number of rotatable bonds is 4. The maximum atomic E-state index is 12.4. The van der Waals surface area contributed by atoms with Crippen molar-refractivity contribution in [2.75, 3.05) is 17.2 Å². The molecular formula is C17H25N3O2. The molecule has 1 heterocycles. The zero-order valence-corrected chi connectivity index (χ0v) is 13.5. The van der Waals surface area contributed by atoms with Gasteiger partial charge in [-0.3, -0.25) is 9.59 Å². The van der Waals surface area contributed by atoms with E-state index >= 15 is 0 Å². The number of anilines is 2. The Morgan fingerprint density at radius 2 is 1.77 bits per heavy atom. The topological polar surface area (TPSA) is 70.2 Å². The van der Waals surface area contributed by atoms with Crippen LogP contribution in [-0.4, -0.2) is 24.4 Å². The lowest BCUT2D eigenvalue weighted by molar-refractivity contribution is -0.121. The van der Waals surface area contributed by atoms with Crippen molar-refractivity contribution < 1.29 is 9.59 Å². The fraction of sp³-hybridized carbons (Fsp3) is 0.529. The van der Waals surface area contributed by atoms with Crippen LogP contribution in [0.5, 0.6) is 0 Å². The number of carbonyl (C=O) groups excluding carboxylic acids is 2. The third-order valence-corrected chi connectivity index (χ3v) is 4.15. The lowest BCUT2D eigenvalue weighted by Crippen LogP contribution is -2.53. The quantitative estimate of drug-likeness (QED) is 0.801. The zero-order chi connectivity index (χ0) is 16.2. The van der Waals surface area contributed by atoms with Crippen LogP contribution in [0.3, 0.4) is 0 Å². The summed E-state index contributed by atoms with van der Waals surface area (Å²) < 4.78 is 0. The predicted octanol–water partition coefficient (Wildman–Crippen LogP) is 2.75. The van der Waals surface area contributed by atoms with Crippen molar-refractivity contribution in [1.29, 1.82) is 0 Å². The Kier molecular flexibility index (Phi) is 5.19. The van der Waals surface area contributed by atoms with Gasteiger partial charge in [-0.25, -0.2) is 0 Å². The highest BCUT2D eigenvalue weighted by Crippen LogP contribution is 2.30. The number of benzene rings is 1. The Labute approximate surface area is 131 Å². The number of carbonyl (C=O) groups is 2. The third kappa shape index (κ3) is 4.07. The Bertz CT molecular complexity index is 537. The molecule has 2 amide bonds. The van der Waals surface area contributed by atoms with Crippen LogP contribution < -0.4 is 16.0 Å². The smallest absolute Gasteiger partial charge is 0.242 e. The number of piperidine rings is 1. The first-order chi connectivity index (χ1) is 10.4. The molecule has 22 heavy (non-hydrogen) atoms. The fourth-order valence-electron chi connectivity index (χ4n) is 2.76. The molecule has 1 aromatic carbocycles. The van der Waals surface area contributed by atoms with Gasteiger partial charge in [0.25, 0.3) is 0 Å². The van der Waals surface area contributed by atoms with Crippen LogP contribution in [0.25, 0.3) is 0 Å². The molecule has 1 atom stereocenters. The van der Waals surface area contributed by atoms with Crippen LogP contribution in [-0.2, 0) is 9.59 Å². The highest BCUT2D eigenvalue weighted by atomic mass is 16.2. The molecule has 1 saturated heterocycles. The minimum atomic E-state index is -0.180. The van der Waals surface area contributed by atoms with Gasteiger partial charge in [-0.05, 0) is 49.1 Å². The fourth-order valence-corrected chi connectivity index (χ4v) is 2.76. The van der Waals surface area contributed by atoms with Crippen LogP contribution in [0, 0.1) is 5.41 Å². The molecule has 1 aromatic rings. The van der Waals surface area contributed by atoms with Gasteiger partial charge in [0, 0.05) is 17.8 Å². The maximum Gasteiger partial charge on any atom is 0.242 e. The minimum absolute atomic E-state index is 0.00459. The average Bonchev–Trinajstić information content (AvgIpc) is 2.48. The molecular weight excluding hydrogens is 278 g/mol. The minimum Gasteiger partial charge on any atom is -0.326 e. The van der Waals surface area contributed by atoms with Gasteiger partial charge in [0.05, 0.1) is 6.04 Å². The second kappa shape index (κ2) is 6.92. The summed E-state index contributed by atoms with van der Waals surface area (Å²) in [6, 6.07) is 7.02. The van der Waals surface area contributed by atoms with Gasteiger partial charge in [-0.2, -0.15) is 0 Å². The molecule has 0 spiro atoms. The normalized spacial score (nSPS) is 20.2. The standard InChI is InChI=1S/C17H25N3O2/c1-4-14(21)19-12-6-8-13(9-7-12)20-16(22)15-17(2,3)10-5-11-18-15/h6-9,15,18H,4-5,10-11H2,1-3H3,(H,19,21)(H,20,22). The first-order valence-electron chi connectivity index (χ1n) is 7.86. The van der Waals surface area contributed by atoms with E-state index in [0.29, 0.717) is 6.42 Å². The van der Waals surface area contributed by atoms with E-state index in [9.17, 15) is 9.59 Å². The monoisotopic (exact) mass is 303 g/mol. The van der Waals surface area contributed by atoms with E-state index in [0.717, 1.165) is 30.8 Å². The van der Waals surface area contributed by atoms with Gasteiger partial charge in [0.1, 0.15) is 0 Å². The van der Waals surface area contributed by atoms with Crippen LogP contribution in [0.1, 0.15) is 40.0 Å². The summed E-state index contributed by atoms with van der Waals surface area (Å²) in [4.78, 5) is 23.8. The molecule has 1 unspecified atom stereocenters. The van der Waals surface area contributed by atoms with Gasteiger partial charge in [-0.15, -0.1) is 0 Å². The number of amides is 2. The Morgan fingerprint density at radius 1 is 1.18 bits per heavy atom. The van der Waals surface area contributed by atoms with Crippen molar-refractivity contribution in [3.05, 3.63) is 24.3 Å². The Hall–Kier alpha value is -1.88. The lowest BCUT2D eigenvalue weighted by atomic mass is 9.77. The first-order valence-corrected chi connectivity index (χ1v) is 7.86. The lowest BCUT2D eigenvalue weighted by Gasteiger charge is -2.38. The first kappa shape index (κ1) is 16.5. The molecule has 120 valence electrons. The van der Waals surface area contributed by atoms with Gasteiger partial charge in [0.2, 0.25) is 11.8 Å². The molecule has 1 fully saturated rings. The second-order valence-electron chi connectivity index (χ2n) is 6.45. The molecule has 3 N–H and O–H groups in total. The molecule has 0 bridgehead atoms.